The fourth-order valence-corrected chi connectivity index (χ4v) is 2.54. The zero-order valence-corrected chi connectivity index (χ0v) is 15.3. The Balaban J connectivity index is 1.47. The molecule has 8 heteroatoms. The first-order chi connectivity index (χ1) is 13.5. The second-order valence-corrected chi connectivity index (χ2v) is 6.10. The fraction of sp³-hybridized carbons (Fsp3) is 0.250. The Bertz CT molecular complexity index is 868. The van der Waals surface area contributed by atoms with E-state index in [-0.39, 0.29) is 6.42 Å². The molecular weight excluding hydrogens is 364 g/mol. The molecule has 2 aromatic carbocycles. The average Bonchev–Trinajstić information content (AvgIpc) is 2.72. The van der Waals surface area contributed by atoms with E-state index in [9.17, 15) is 14.4 Å². The molecule has 0 saturated heterocycles. The van der Waals surface area contributed by atoms with Crippen molar-refractivity contribution in [2.24, 2.45) is 0 Å². The van der Waals surface area contributed by atoms with E-state index in [2.05, 4.69) is 10.9 Å². The predicted molar refractivity (Wildman–Crippen MR) is 98.7 cm³/mol. The van der Waals surface area contributed by atoms with Crippen molar-refractivity contribution in [1.29, 1.82) is 0 Å². The Morgan fingerprint density at radius 2 is 1.71 bits per heavy atom. The third-order valence-electron chi connectivity index (χ3n) is 3.97. The lowest BCUT2D eigenvalue weighted by atomic mass is 10.1. The Hall–Kier alpha value is -3.55. The molecule has 0 saturated carbocycles. The van der Waals surface area contributed by atoms with Gasteiger partial charge in [0.1, 0.15) is 13.2 Å². The molecule has 0 unspecified atom stereocenters. The number of carbonyl (C=O) groups is 3. The van der Waals surface area contributed by atoms with Crippen LogP contribution in [0.2, 0.25) is 0 Å². The number of benzene rings is 2. The van der Waals surface area contributed by atoms with E-state index in [1.165, 1.54) is 6.92 Å². The zero-order chi connectivity index (χ0) is 19.9. The van der Waals surface area contributed by atoms with E-state index >= 15 is 0 Å². The Morgan fingerprint density at radius 1 is 1.00 bits per heavy atom. The monoisotopic (exact) mass is 384 g/mol. The van der Waals surface area contributed by atoms with E-state index in [4.69, 9.17) is 14.2 Å². The van der Waals surface area contributed by atoms with Crippen LogP contribution in [0.3, 0.4) is 0 Å². The summed E-state index contributed by atoms with van der Waals surface area (Å²) in [6, 6.07) is 13.6. The van der Waals surface area contributed by atoms with Crippen molar-refractivity contribution >= 4 is 17.8 Å². The van der Waals surface area contributed by atoms with Crippen molar-refractivity contribution in [3.05, 3.63) is 59.7 Å². The van der Waals surface area contributed by atoms with Crippen molar-refractivity contribution in [3.63, 3.8) is 0 Å². The number of esters is 1. The molecule has 0 bridgehead atoms. The lowest BCUT2D eigenvalue weighted by Crippen LogP contribution is -2.46. The van der Waals surface area contributed by atoms with Crippen LogP contribution in [0.15, 0.2) is 48.5 Å². The molecule has 146 valence electrons. The zero-order valence-electron chi connectivity index (χ0n) is 15.3. The molecule has 1 atom stereocenters. The molecule has 2 amide bonds. The molecule has 0 radical (unpaired) electrons. The van der Waals surface area contributed by atoms with Crippen LogP contribution in [-0.4, -0.2) is 37.1 Å². The fourth-order valence-electron chi connectivity index (χ4n) is 2.54. The summed E-state index contributed by atoms with van der Waals surface area (Å²) in [7, 11) is 0. The number of fused-ring (bicyclic) bond motifs is 1. The van der Waals surface area contributed by atoms with Crippen LogP contribution < -0.4 is 20.3 Å². The maximum absolute atomic E-state index is 12.1. The molecule has 2 aromatic rings. The van der Waals surface area contributed by atoms with Crippen LogP contribution >= 0.6 is 0 Å². The van der Waals surface area contributed by atoms with Crippen molar-refractivity contribution in [1.82, 2.24) is 10.9 Å². The Morgan fingerprint density at radius 3 is 2.46 bits per heavy atom. The van der Waals surface area contributed by atoms with Crippen LogP contribution in [0.1, 0.15) is 22.8 Å². The lowest BCUT2D eigenvalue weighted by molar-refractivity contribution is -0.154. The summed E-state index contributed by atoms with van der Waals surface area (Å²) in [6.45, 7) is 2.36. The summed E-state index contributed by atoms with van der Waals surface area (Å²) in [5, 5.41) is 0. The highest BCUT2D eigenvalue weighted by atomic mass is 16.6. The highest BCUT2D eigenvalue weighted by molar-refractivity contribution is 5.95. The van der Waals surface area contributed by atoms with Crippen molar-refractivity contribution < 1.29 is 28.6 Å². The first kappa shape index (κ1) is 19.2. The number of nitrogens with one attached hydrogen (secondary N) is 2. The van der Waals surface area contributed by atoms with E-state index in [0.717, 1.165) is 0 Å². The van der Waals surface area contributed by atoms with Crippen molar-refractivity contribution in [2.45, 2.75) is 19.4 Å². The number of carbonyl (C=O) groups excluding carboxylic acids is 3. The normalized spacial score (nSPS) is 13.2. The standard InChI is InChI=1S/C20H20N2O6/c1-13(19(24)21-22-20(25)15-5-3-2-4-6-15)28-18(23)12-14-7-8-16-17(11-14)27-10-9-26-16/h2-8,11,13H,9-10,12H2,1H3,(H,21,24)(H,22,25)/t13-/m0/s1. The van der Waals surface area contributed by atoms with Crippen molar-refractivity contribution in [3.8, 4) is 11.5 Å². The summed E-state index contributed by atoms with van der Waals surface area (Å²) >= 11 is 0. The summed E-state index contributed by atoms with van der Waals surface area (Å²) in [4.78, 5) is 36.0. The van der Waals surface area contributed by atoms with Gasteiger partial charge in [-0.1, -0.05) is 24.3 Å². The smallest absolute Gasteiger partial charge is 0.311 e. The van der Waals surface area contributed by atoms with Gasteiger partial charge in [0.05, 0.1) is 6.42 Å². The third kappa shape index (κ3) is 5.00. The van der Waals surface area contributed by atoms with Crippen LogP contribution in [0.25, 0.3) is 0 Å². The van der Waals surface area contributed by atoms with Gasteiger partial charge in [-0.3, -0.25) is 25.2 Å². The number of hydrogen-bond acceptors (Lipinski definition) is 6. The molecule has 0 aliphatic carbocycles. The van der Waals surface area contributed by atoms with Gasteiger partial charge in [0.25, 0.3) is 11.8 Å². The summed E-state index contributed by atoms with van der Waals surface area (Å²) in [6.07, 6.45) is -1.09. The van der Waals surface area contributed by atoms with Gasteiger partial charge in [0.15, 0.2) is 17.6 Å². The van der Waals surface area contributed by atoms with Gasteiger partial charge in [-0.25, -0.2) is 0 Å². The SMILES string of the molecule is C[C@H](OC(=O)Cc1ccc2c(c1)OCCO2)C(=O)NNC(=O)c1ccccc1. The second-order valence-electron chi connectivity index (χ2n) is 6.10. The van der Waals surface area contributed by atoms with Gasteiger partial charge < -0.3 is 14.2 Å². The van der Waals surface area contributed by atoms with Gasteiger partial charge in [-0.2, -0.15) is 0 Å². The predicted octanol–water partition coefficient (Wildman–Crippen LogP) is 1.39. The van der Waals surface area contributed by atoms with Crippen LogP contribution in [0, 0.1) is 0 Å². The summed E-state index contributed by atoms with van der Waals surface area (Å²) < 4.78 is 16.0. The third-order valence-corrected chi connectivity index (χ3v) is 3.97. The molecule has 2 N–H and O–H groups in total. The second kappa shape index (κ2) is 8.90. The van der Waals surface area contributed by atoms with E-state index in [0.29, 0.717) is 35.8 Å². The number of rotatable bonds is 5. The van der Waals surface area contributed by atoms with Gasteiger partial charge in [0, 0.05) is 5.56 Å². The maximum Gasteiger partial charge on any atom is 0.311 e. The largest absolute Gasteiger partial charge is 0.486 e. The van der Waals surface area contributed by atoms with Crippen LogP contribution in [0.5, 0.6) is 11.5 Å². The topological polar surface area (TPSA) is 103 Å². The number of hydrazine groups is 1. The molecule has 1 heterocycles. The minimum absolute atomic E-state index is 0.0232. The van der Waals surface area contributed by atoms with Crippen molar-refractivity contribution in [2.75, 3.05) is 13.2 Å². The minimum atomic E-state index is -1.07. The Labute approximate surface area is 161 Å². The molecule has 0 aromatic heterocycles. The number of ether oxygens (including phenoxy) is 3. The lowest BCUT2D eigenvalue weighted by Gasteiger charge is -2.19. The van der Waals surface area contributed by atoms with E-state index in [1.54, 1.807) is 48.5 Å². The molecule has 1 aliphatic heterocycles. The highest BCUT2D eigenvalue weighted by Crippen LogP contribution is 2.30. The van der Waals surface area contributed by atoms with Crippen LogP contribution in [-0.2, 0) is 20.7 Å². The van der Waals surface area contributed by atoms with Gasteiger partial charge in [-0.15, -0.1) is 0 Å². The first-order valence-electron chi connectivity index (χ1n) is 8.76. The van der Waals surface area contributed by atoms with E-state index < -0.39 is 23.9 Å². The number of hydrogen-bond donors (Lipinski definition) is 2. The first-order valence-corrected chi connectivity index (χ1v) is 8.76. The quantitative estimate of drug-likeness (QED) is 0.597. The maximum atomic E-state index is 12.1. The minimum Gasteiger partial charge on any atom is -0.486 e. The average molecular weight is 384 g/mol. The summed E-state index contributed by atoms with van der Waals surface area (Å²) in [5.74, 6) is -0.478. The highest BCUT2D eigenvalue weighted by Gasteiger charge is 2.20. The number of amides is 2. The van der Waals surface area contributed by atoms with Gasteiger partial charge >= 0.3 is 5.97 Å². The van der Waals surface area contributed by atoms with E-state index in [1.807, 2.05) is 0 Å². The van der Waals surface area contributed by atoms with Gasteiger partial charge in [0.2, 0.25) is 0 Å². The van der Waals surface area contributed by atoms with Crippen LogP contribution in [0.4, 0.5) is 0 Å². The van der Waals surface area contributed by atoms with Gasteiger partial charge in [-0.05, 0) is 36.8 Å². The molecule has 0 fully saturated rings. The molecule has 8 nitrogen and oxygen atoms in total. The molecular formula is C20H20N2O6. The molecule has 1 aliphatic rings. The molecule has 3 rings (SSSR count). The summed E-state index contributed by atoms with van der Waals surface area (Å²) in [5.41, 5.74) is 5.59. The molecule has 28 heavy (non-hydrogen) atoms. The molecule has 0 spiro atoms. The Kier molecular flexibility index (Phi) is 6.11.